The van der Waals surface area contributed by atoms with Crippen LogP contribution in [0.1, 0.15) is 47.5 Å². The first-order valence-electron chi connectivity index (χ1n) is 5.65. The molecule has 0 amide bonds. The highest BCUT2D eigenvalue weighted by atomic mass is 16.5. The number of aliphatic hydroxyl groups is 2. The summed E-state index contributed by atoms with van der Waals surface area (Å²) in [4.78, 5) is 0. The summed E-state index contributed by atoms with van der Waals surface area (Å²) in [5.41, 5.74) is -0.0106. The minimum Gasteiger partial charge on any atom is -0.394 e. The van der Waals surface area contributed by atoms with Crippen molar-refractivity contribution in [1.29, 1.82) is 0 Å². The lowest BCUT2D eigenvalue weighted by molar-refractivity contribution is -0.0974. The van der Waals surface area contributed by atoms with Gasteiger partial charge in [0.1, 0.15) is 6.10 Å². The Hall–Kier alpha value is -0.120. The Morgan fingerprint density at radius 2 is 1.73 bits per heavy atom. The van der Waals surface area contributed by atoms with E-state index in [9.17, 15) is 5.11 Å². The summed E-state index contributed by atoms with van der Waals surface area (Å²) in [6.45, 7) is 10.6. The maximum absolute atomic E-state index is 9.24. The van der Waals surface area contributed by atoms with E-state index in [1.54, 1.807) is 0 Å². The van der Waals surface area contributed by atoms with Gasteiger partial charge in [0.05, 0.1) is 18.8 Å². The molecule has 2 atom stereocenters. The number of hydrogen-bond acceptors (Lipinski definition) is 3. The molecule has 0 aromatic heterocycles. The van der Waals surface area contributed by atoms with Crippen molar-refractivity contribution in [2.24, 2.45) is 5.41 Å². The zero-order chi connectivity index (χ0) is 12.1. The van der Waals surface area contributed by atoms with Gasteiger partial charge in [-0.1, -0.05) is 27.7 Å². The molecule has 0 aliphatic rings. The Morgan fingerprint density at radius 1 is 1.20 bits per heavy atom. The second kappa shape index (κ2) is 5.83. The molecule has 2 unspecified atom stereocenters. The molecule has 3 nitrogen and oxygen atoms in total. The quantitative estimate of drug-likeness (QED) is 0.716. The second-order valence-corrected chi connectivity index (χ2v) is 5.69. The Balaban J connectivity index is 4.19. The van der Waals surface area contributed by atoms with Crippen LogP contribution in [0.3, 0.4) is 0 Å². The van der Waals surface area contributed by atoms with Crippen molar-refractivity contribution in [2.45, 2.75) is 59.2 Å². The average molecular weight is 218 g/mol. The molecule has 0 spiro atoms. The molecule has 0 saturated carbocycles. The monoisotopic (exact) mass is 218 g/mol. The highest BCUT2D eigenvalue weighted by molar-refractivity contribution is 4.80. The Labute approximate surface area is 93.5 Å². The van der Waals surface area contributed by atoms with Gasteiger partial charge in [-0.05, 0) is 25.2 Å². The molecule has 0 saturated heterocycles. The number of ether oxygens (including phenoxy) is 1. The number of rotatable bonds is 6. The van der Waals surface area contributed by atoms with Gasteiger partial charge >= 0.3 is 0 Å². The molecule has 15 heavy (non-hydrogen) atoms. The fraction of sp³-hybridized carbons (Fsp3) is 1.00. The molecular weight excluding hydrogens is 192 g/mol. The molecule has 0 fully saturated rings. The lowest BCUT2D eigenvalue weighted by Gasteiger charge is -2.35. The third-order valence-corrected chi connectivity index (χ3v) is 2.49. The van der Waals surface area contributed by atoms with E-state index in [-0.39, 0.29) is 24.2 Å². The maximum atomic E-state index is 9.24. The lowest BCUT2D eigenvalue weighted by Crippen LogP contribution is -2.36. The standard InChI is InChI=1S/C12H26O3/c1-6-12(5,9-11(2,3)4)15-8-10(14)7-13/h10,13-14H,6-9H2,1-5H3. The molecule has 0 aromatic carbocycles. The number of aliphatic hydroxyl groups excluding tert-OH is 2. The summed E-state index contributed by atoms with van der Waals surface area (Å²) in [7, 11) is 0. The van der Waals surface area contributed by atoms with Crippen molar-refractivity contribution in [3.05, 3.63) is 0 Å². The lowest BCUT2D eigenvalue weighted by atomic mass is 9.81. The molecule has 0 rings (SSSR count). The Morgan fingerprint density at radius 3 is 2.07 bits per heavy atom. The van der Waals surface area contributed by atoms with Crippen molar-refractivity contribution >= 4 is 0 Å². The minimum absolute atomic E-state index is 0.203. The maximum Gasteiger partial charge on any atom is 0.100 e. The van der Waals surface area contributed by atoms with Crippen LogP contribution in [0.2, 0.25) is 0 Å². The van der Waals surface area contributed by atoms with E-state index in [1.165, 1.54) is 0 Å². The van der Waals surface area contributed by atoms with Gasteiger partial charge in [-0.3, -0.25) is 0 Å². The molecule has 0 aromatic rings. The van der Waals surface area contributed by atoms with Gasteiger partial charge in [0.25, 0.3) is 0 Å². The minimum atomic E-state index is -0.768. The van der Waals surface area contributed by atoms with Crippen molar-refractivity contribution in [1.82, 2.24) is 0 Å². The topological polar surface area (TPSA) is 49.7 Å². The predicted octanol–water partition coefficient (Wildman–Crippen LogP) is 1.96. The number of hydrogen-bond donors (Lipinski definition) is 2. The van der Waals surface area contributed by atoms with Crippen molar-refractivity contribution in [2.75, 3.05) is 13.2 Å². The summed E-state index contributed by atoms with van der Waals surface area (Å²) in [6, 6.07) is 0. The summed E-state index contributed by atoms with van der Waals surface area (Å²) < 4.78 is 5.70. The van der Waals surface area contributed by atoms with E-state index in [0.29, 0.717) is 0 Å². The molecule has 0 aliphatic carbocycles. The van der Waals surface area contributed by atoms with Crippen LogP contribution in [0.25, 0.3) is 0 Å². The van der Waals surface area contributed by atoms with Gasteiger partial charge in [0, 0.05) is 0 Å². The molecule has 2 N–H and O–H groups in total. The predicted molar refractivity (Wildman–Crippen MR) is 61.8 cm³/mol. The highest BCUT2D eigenvalue weighted by Crippen LogP contribution is 2.32. The average Bonchev–Trinajstić information content (AvgIpc) is 2.11. The molecule has 3 heteroatoms. The van der Waals surface area contributed by atoms with E-state index in [4.69, 9.17) is 9.84 Å². The summed E-state index contributed by atoms with van der Waals surface area (Å²) >= 11 is 0. The molecule has 0 radical (unpaired) electrons. The van der Waals surface area contributed by atoms with Gasteiger partial charge in [0.15, 0.2) is 0 Å². The largest absolute Gasteiger partial charge is 0.394 e. The van der Waals surface area contributed by atoms with Crippen LogP contribution in [0, 0.1) is 5.41 Å². The van der Waals surface area contributed by atoms with Crippen LogP contribution in [-0.2, 0) is 4.74 Å². The second-order valence-electron chi connectivity index (χ2n) is 5.69. The first-order valence-corrected chi connectivity index (χ1v) is 5.65. The van der Waals surface area contributed by atoms with E-state index in [2.05, 4.69) is 34.6 Å². The molecule has 0 bridgehead atoms. The molecule has 92 valence electrons. The highest BCUT2D eigenvalue weighted by Gasteiger charge is 2.29. The summed E-state index contributed by atoms with van der Waals surface area (Å²) in [5.74, 6) is 0. The van der Waals surface area contributed by atoms with Crippen LogP contribution >= 0.6 is 0 Å². The van der Waals surface area contributed by atoms with Crippen LogP contribution in [0.4, 0.5) is 0 Å². The van der Waals surface area contributed by atoms with E-state index in [1.807, 2.05) is 0 Å². The van der Waals surface area contributed by atoms with Gasteiger partial charge < -0.3 is 14.9 Å². The smallest absolute Gasteiger partial charge is 0.100 e. The van der Waals surface area contributed by atoms with Crippen molar-refractivity contribution in [3.8, 4) is 0 Å². The molecular formula is C12H26O3. The van der Waals surface area contributed by atoms with Crippen LogP contribution in [-0.4, -0.2) is 35.1 Å². The Kier molecular flexibility index (Phi) is 5.78. The van der Waals surface area contributed by atoms with Gasteiger partial charge in [0.2, 0.25) is 0 Å². The molecule has 0 heterocycles. The van der Waals surface area contributed by atoms with Crippen LogP contribution in [0.15, 0.2) is 0 Å². The first-order chi connectivity index (χ1) is 6.72. The van der Waals surface area contributed by atoms with E-state index in [0.717, 1.165) is 12.8 Å². The van der Waals surface area contributed by atoms with Crippen molar-refractivity contribution < 1.29 is 14.9 Å². The van der Waals surface area contributed by atoms with Crippen LogP contribution < -0.4 is 0 Å². The normalized spacial score (nSPS) is 18.6. The summed E-state index contributed by atoms with van der Waals surface area (Å²) in [5, 5.41) is 17.9. The third-order valence-electron chi connectivity index (χ3n) is 2.49. The zero-order valence-corrected chi connectivity index (χ0v) is 10.7. The fourth-order valence-corrected chi connectivity index (χ4v) is 1.75. The van der Waals surface area contributed by atoms with Crippen LogP contribution in [0.5, 0.6) is 0 Å². The van der Waals surface area contributed by atoms with E-state index >= 15 is 0 Å². The summed E-state index contributed by atoms with van der Waals surface area (Å²) in [6.07, 6.45) is 1.08. The van der Waals surface area contributed by atoms with Gasteiger partial charge in [-0.2, -0.15) is 0 Å². The van der Waals surface area contributed by atoms with E-state index < -0.39 is 6.10 Å². The zero-order valence-electron chi connectivity index (χ0n) is 10.7. The fourth-order valence-electron chi connectivity index (χ4n) is 1.75. The Bertz CT molecular complexity index is 174. The first kappa shape index (κ1) is 14.9. The van der Waals surface area contributed by atoms with Gasteiger partial charge in [-0.15, -0.1) is 0 Å². The van der Waals surface area contributed by atoms with Crippen molar-refractivity contribution in [3.63, 3.8) is 0 Å². The molecule has 0 aliphatic heterocycles. The van der Waals surface area contributed by atoms with Gasteiger partial charge in [-0.25, -0.2) is 0 Å². The third kappa shape index (κ3) is 6.88. The SMILES string of the molecule is CCC(C)(CC(C)(C)C)OCC(O)CO.